The van der Waals surface area contributed by atoms with Crippen molar-refractivity contribution < 1.29 is 25.2 Å². The fourth-order valence-electron chi connectivity index (χ4n) is 5.25. The minimum absolute atomic E-state index is 0. The molecule has 0 bridgehead atoms. The SMILES string of the molecule is Br.CC(=O)c1cc[c-]cc1.[Pd].c1ccc([PH+](c2ccccc2)c2ccccc2)cc1.c1ccc([PH+](c2ccccc2)c2ccccc2)cc1. The van der Waals surface area contributed by atoms with Crippen molar-refractivity contribution >= 4 is 70.4 Å². The monoisotopic (exact) mass is 831 g/mol. The fourth-order valence-corrected chi connectivity index (χ4v) is 10.4. The Kier molecular flexibility index (Phi) is 17.8. The van der Waals surface area contributed by atoms with E-state index in [1.807, 2.05) is 0 Å². The van der Waals surface area contributed by atoms with Crippen LogP contribution in [0.1, 0.15) is 17.3 Å². The van der Waals surface area contributed by atoms with Crippen LogP contribution in [0.2, 0.25) is 0 Å². The molecule has 0 aliphatic carbocycles. The molecular formula is C44H40BrOP2Pd+. The van der Waals surface area contributed by atoms with E-state index in [0.717, 1.165) is 5.56 Å². The average Bonchev–Trinajstić information content (AvgIpc) is 3.15. The molecule has 7 aromatic rings. The smallest absolute Gasteiger partial charge is 0.135 e. The Balaban J connectivity index is 0.000000207. The number of carbonyl (C=O) groups excluding carboxylic acids is 1. The summed E-state index contributed by atoms with van der Waals surface area (Å²) in [5.74, 6) is 0.101. The third-order valence-corrected chi connectivity index (χ3v) is 13.0. The van der Waals surface area contributed by atoms with Gasteiger partial charge in [-0.2, -0.15) is 30.3 Å². The predicted molar refractivity (Wildman–Crippen MR) is 219 cm³/mol. The van der Waals surface area contributed by atoms with Crippen molar-refractivity contribution in [3.8, 4) is 0 Å². The summed E-state index contributed by atoms with van der Waals surface area (Å²) in [5, 5.41) is 8.61. The second-order valence-electron chi connectivity index (χ2n) is 10.8. The van der Waals surface area contributed by atoms with Crippen molar-refractivity contribution in [3.05, 3.63) is 218 Å². The van der Waals surface area contributed by atoms with Crippen LogP contribution in [0, 0.1) is 6.07 Å². The largest absolute Gasteiger partial charge is 0.297 e. The first-order valence-electron chi connectivity index (χ1n) is 15.7. The van der Waals surface area contributed by atoms with Crippen molar-refractivity contribution in [1.82, 2.24) is 0 Å². The Morgan fingerprint density at radius 2 is 0.592 bits per heavy atom. The molecule has 0 aliphatic heterocycles. The van der Waals surface area contributed by atoms with Gasteiger partial charge in [-0.3, -0.25) is 4.79 Å². The maximum Gasteiger partial charge on any atom is 0.135 e. The zero-order chi connectivity index (χ0) is 32.5. The Morgan fingerprint density at radius 3 is 0.755 bits per heavy atom. The molecule has 0 amide bonds. The Hall–Kier alpha value is -3.79. The molecule has 0 unspecified atom stereocenters. The summed E-state index contributed by atoms with van der Waals surface area (Å²) < 4.78 is 0. The van der Waals surface area contributed by atoms with E-state index < -0.39 is 15.8 Å². The number of ketones is 1. The standard InChI is InChI=1S/2C18H15P.C8H7O.BrH.Pd/c2*1-4-10-16(11-5-1)19(17-12-6-2-7-13-17)18-14-8-3-9-15-18;1-7(9)8-5-3-2-4-6-8;;/h2*1-15H;3-6H,1H3;1H;/q;;-1;;/p+2. The second kappa shape index (κ2) is 22.0. The normalized spacial score (nSPS) is 9.86. The third kappa shape index (κ3) is 12.2. The molecule has 7 aromatic carbocycles. The van der Waals surface area contributed by atoms with Gasteiger partial charge in [0.25, 0.3) is 0 Å². The van der Waals surface area contributed by atoms with E-state index in [-0.39, 0.29) is 43.2 Å². The van der Waals surface area contributed by atoms with Gasteiger partial charge >= 0.3 is 0 Å². The summed E-state index contributed by atoms with van der Waals surface area (Å²) in [7, 11) is -1.75. The molecule has 0 fully saturated rings. The first-order valence-corrected chi connectivity index (χ1v) is 18.7. The summed E-state index contributed by atoms with van der Waals surface area (Å²) in [6.45, 7) is 1.55. The number of rotatable bonds is 7. The topological polar surface area (TPSA) is 17.1 Å². The zero-order valence-corrected chi connectivity index (χ0v) is 32.5. The first kappa shape index (κ1) is 39.6. The molecule has 0 saturated heterocycles. The van der Waals surface area contributed by atoms with Gasteiger partial charge in [0.05, 0.1) is 15.8 Å². The molecule has 0 N–H and O–H groups in total. The van der Waals surface area contributed by atoms with Gasteiger partial charge in [-0.1, -0.05) is 115 Å². The van der Waals surface area contributed by atoms with Gasteiger partial charge in [-0.05, 0) is 79.7 Å². The molecule has 1 nitrogen and oxygen atoms in total. The molecule has 49 heavy (non-hydrogen) atoms. The number of Topliss-reactive ketones (excluding diaryl/α,β-unsaturated/α-hetero) is 1. The molecule has 0 aliphatic rings. The second-order valence-corrected chi connectivity index (χ2v) is 15.8. The summed E-state index contributed by atoms with van der Waals surface area (Å²) in [4.78, 5) is 10.6. The molecule has 0 radical (unpaired) electrons. The van der Waals surface area contributed by atoms with Crippen molar-refractivity contribution in [3.63, 3.8) is 0 Å². The number of halogens is 1. The third-order valence-electron chi connectivity index (χ3n) is 7.50. The Labute approximate surface area is 318 Å². The maximum atomic E-state index is 10.6. The minimum Gasteiger partial charge on any atom is -0.297 e. The molecule has 0 saturated carbocycles. The summed E-state index contributed by atoms with van der Waals surface area (Å²) in [6, 6.07) is 74.8. The molecule has 0 aromatic heterocycles. The molecule has 0 spiro atoms. The van der Waals surface area contributed by atoms with E-state index in [9.17, 15) is 4.79 Å². The van der Waals surface area contributed by atoms with Crippen molar-refractivity contribution in [1.29, 1.82) is 0 Å². The van der Waals surface area contributed by atoms with Crippen LogP contribution in [-0.4, -0.2) is 5.78 Å². The minimum atomic E-state index is -0.877. The van der Waals surface area contributed by atoms with E-state index in [2.05, 4.69) is 188 Å². The Morgan fingerprint density at radius 1 is 0.388 bits per heavy atom. The van der Waals surface area contributed by atoms with Crippen LogP contribution in [0.5, 0.6) is 0 Å². The number of carbonyl (C=O) groups is 1. The van der Waals surface area contributed by atoms with Crippen molar-refractivity contribution in [2.24, 2.45) is 0 Å². The predicted octanol–water partition coefficient (Wildman–Crippen LogP) is 8.62. The summed E-state index contributed by atoms with van der Waals surface area (Å²) in [6.07, 6.45) is 0. The molecular weight excluding hydrogens is 793 g/mol. The molecule has 0 heterocycles. The van der Waals surface area contributed by atoms with Gasteiger partial charge in [0.2, 0.25) is 0 Å². The van der Waals surface area contributed by atoms with Gasteiger partial charge in [-0.25, -0.2) is 0 Å². The van der Waals surface area contributed by atoms with E-state index >= 15 is 0 Å². The van der Waals surface area contributed by atoms with Crippen LogP contribution >= 0.6 is 32.8 Å². The van der Waals surface area contributed by atoms with Crippen LogP contribution in [0.25, 0.3) is 0 Å². The molecule has 0 atom stereocenters. The van der Waals surface area contributed by atoms with Crippen LogP contribution in [-0.2, 0) is 20.4 Å². The average molecular weight is 833 g/mol. The molecule has 248 valence electrons. The number of hydrogen-bond donors (Lipinski definition) is 0. The van der Waals surface area contributed by atoms with Gasteiger partial charge < -0.3 is 0 Å². The summed E-state index contributed by atoms with van der Waals surface area (Å²) in [5.41, 5.74) is 0.744. The van der Waals surface area contributed by atoms with Crippen LogP contribution < -0.4 is 31.8 Å². The Bertz CT molecular complexity index is 1570. The van der Waals surface area contributed by atoms with E-state index in [1.54, 1.807) is 31.2 Å². The van der Waals surface area contributed by atoms with Gasteiger partial charge in [-0.15, -0.1) is 17.0 Å². The van der Waals surface area contributed by atoms with Crippen molar-refractivity contribution in [2.45, 2.75) is 6.92 Å². The maximum absolute atomic E-state index is 10.6. The van der Waals surface area contributed by atoms with Gasteiger partial charge in [0, 0.05) is 20.4 Å². The molecule has 7 rings (SSSR count). The molecule has 5 heteroatoms. The zero-order valence-electron chi connectivity index (χ0n) is 27.3. The van der Waals surface area contributed by atoms with Crippen LogP contribution in [0.4, 0.5) is 0 Å². The fraction of sp³-hybridized carbons (Fsp3) is 0.0227. The van der Waals surface area contributed by atoms with E-state index in [0.29, 0.717) is 0 Å². The van der Waals surface area contributed by atoms with Crippen LogP contribution in [0.3, 0.4) is 0 Å². The summed E-state index contributed by atoms with van der Waals surface area (Å²) >= 11 is 0. The first-order chi connectivity index (χ1) is 23.2. The number of hydrogen-bond acceptors (Lipinski definition) is 1. The van der Waals surface area contributed by atoms with E-state index in [4.69, 9.17) is 0 Å². The number of benzene rings is 7. The van der Waals surface area contributed by atoms with Gasteiger partial charge in [0.1, 0.15) is 37.6 Å². The van der Waals surface area contributed by atoms with E-state index in [1.165, 1.54) is 31.8 Å². The quantitative estimate of drug-likeness (QED) is 0.0681. The van der Waals surface area contributed by atoms with Crippen LogP contribution in [0.15, 0.2) is 206 Å². The van der Waals surface area contributed by atoms with Gasteiger partial charge in [0.15, 0.2) is 0 Å². The van der Waals surface area contributed by atoms with Crippen molar-refractivity contribution in [2.75, 3.05) is 0 Å².